The van der Waals surface area contributed by atoms with Gasteiger partial charge in [-0.3, -0.25) is 0 Å². The molecule has 0 radical (unpaired) electrons. The van der Waals surface area contributed by atoms with Crippen LogP contribution in [0.25, 0.3) is 6.08 Å². The molecule has 1 N–H and O–H groups in total. The third kappa shape index (κ3) is 4.05. The van der Waals surface area contributed by atoms with Crippen molar-refractivity contribution in [3.63, 3.8) is 0 Å². The highest BCUT2D eigenvalue weighted by Crippen LogP contribution is 2.12. The summed E-state index contributed by atoms with van der Waals surface area (Å²) in [6.45, 7) is 0. The number of benzene rings is 1. The van der Waals surface area contributed by atoms with Gasteiger partial charge in [-0.2, -0.15) is 0 Å². The summed E-state index contributed by atoms with van der Waals surface area (Å²) in [5.74, 6) is -0.955. The predicted octanol–water partition coefficient (Wildman–Crippen LogP) is 3.06. The molecular formula is C11H9BrO2. The van der Waals surface area contributed by atoms with Crippen molar-refractivity contribution < 1.29 is 9.90 Å². The smallest absolute Gasteiger partial charge is 0.328 e. The monoisotopic (exact) mass is 252 g/mol. The van der Waals surface area contributed by atoms with Gasteiger partial charge in [0.25, 0.3) is 0 Å². The molecule has 0 aromatic heterocycles. The molecule has 0 aliphatic heterocycles. The number of aliphatic carboxylic acids is 1. The number of carbonyl (C=O) groups is 1. The van der Waals surface area contributed by atoms with E-state index in [1.165, 1.54) is 6.08 Å². The van der Waals surface area contributed by atoms with Crippen LogP contribution < -0.4 is 0 Å². The van der Waals surface area contributed by atoms with Gasteiger partial charge in [-0.05, 0) is 17.7 Å². The lowest BCUT2D eigenvalue weighted by Crippen LogP contribution is -1.85. The summed E-state index contributed by atoms with van der Waals surface area (Å²) >= 11 is 3.25. The van der Waals surface area contributed by atoms with Crippen molar-refractivity contribution in [1.29, 1.82) is 0 Å². The van der Waals surface area contributed by atoms with E-state index in [4.69, 9.17) is 5.11 Å². The van der Waals surface area contributed by atoms with Gasteiger partial charge in [-0.25, -0.2) is 4.79 Å². The Labute approximate surface area is 90.7 Å². The predicted molar refractivity (Wildman–Crippen MR) is 60.1 cm³/mol. The fourth-order valence-electron chi connectivity index (χ4n) is 0.907. The molecule has 0 aliphatic carbocycles. The van der Waals surface area contributed by atoms with Crippen molar-refractivity contribution in [2.75, 3.05) is 0 Å². The molecule has 0 fully saturated rings. The Kier molecular flexibility index (Phi) is 4.13. The Hall–Kier alpha value is -1.35. The first-order valence-corrected chi connectivity index (χ1v) is 4.81. The molecule has 0 spiro atoms. The number of carboxylic acid groups (broad SMARTS) is 1. The maximum absolute atomic E-state index is 10.2. The molecule has 72 valence electrons. The highest BCUT2D eigenvalue weighted by Gasteiger charge is 1.89. The average Bonchev–Trinajstić information content (AvgIpc) is 2.16. The molecule has 0 heterocycles. The lowest BCUT2D eigenvalue weighted by atomic mass is 10.2. The van der Waals surface area contributed by atoms with Crippen molar-refractivity contribution in [2.45, 2.75) is 0 Å². The minimum atomic E-state index is -0.955. The van der Waals surface area contributed by atoms with Crippen LogP contribution in [0.2, 0.25) is 0 Å². The van der Waals surface area contributed by atoms with Crippen molar-refractivity contribution in [2.24, 2.45) is 0 Å². The van der Waals surface area contributed by atoms with Gasteiger partial charge >= 0.3 is 5.97 Å². The van der Waals surface area contributed by atoms with E-state index in [0.717, 1.165) is 16.1 Å². The Morgan fingerprint density at radius 1 is 1.21 bits per heavy atom. The fourth-order valence-corrected chi connectivity index (χ4v) is 1.30. The van der Waals surface area contributed by atoms with Crippen LogP contribution >= 0.6 is 15.9 Å². The molecule has 14 heavy (non-hydrogen) atoms. The number of rotatable bonds is 3. The van der Waals surface area contributed by atoms with E-state index in [1.807, 2.05) is 36.4 Å². The van der Waals surface area contributed by atoms with Gasteiger partial charge in [-0.15, -0.1) is 0 Å². The van der Waals surface area contributed by atoms with Crippen LogP contribution in [-0.4, -0.2) is 11.1 Å². The normalized spacial score (nSPS) is 11.9. The van der Waals surface area contributed by atoms with Gasteiger partial charge in [0.05, 0.1) is 0 Å². The molecule has 1 aromatic carbocycles. The van der Waals surface area contributed by atoms with Crippen LogP contribution in [0.5, 0.6) is 0 Å². The van der Waals surface area contributed by atoms with E-state index in [9.17, 15) is 4.79 Å². The van der Waals surface area contributed by atoms with Crippen LogP contribution in [0.4, 0.5) is 0 Å². The van der Waals surface area contributed by atoms with Gasteiger partial charge < -0.3 is 5.11 Å². The molecule has 0 aliphatic rings. The first-order valence-electron chi connectivity index (χ1n) is 4.02. The maximum atomic E-state index is 10.2. The van der Waals surface area contributed by atoms with Crippen LogP contribution in [0.15, 0.2) is 47.0 Å². The standard InChI is InChI=1S/C11H9BrO2/c12-10(6-7-11(13)14)8-9-4-2-1-3-5-9/h1-8H,(H,13,14)/b7-6+,10-8-. The number of halogens is 1. The summed E-state index contributed by atoms with van der Waals surface area (Å²) < 4.78 is 0.728. The van der Waals surface area contributed by atoms with Gasteiger partial charge in [-0.1, -0.05) is 46.3 Å². The first-order chi connectivity index (χ1) is 6.68. The molecular weight excluding hydrogens is 244 g/mol. The fraction of sp³-hybridized carbons (Fsp3) is 0. The van der Waals surface area contributed by atoms with Crippen molar-refractivity contribution in [3.05, 3.63) is 52.5 Å². The zero-order valence-corrected chi connectivity index (χ0v) is 8.94. The second kappa shape index (κ2) is 5.40. The quantitative estimate of drug-likeness (QED) is 0.664. The Balaban J connectivity index is 2.74. The van der Waals surface area contributed by atoms with Crippen molar-refractivity contribution >= 4 is 28.0 Å². The van der Waals surface area contributed by atoms with E-state index in [2.05, 4.69) is 15.9 Å². The van der Waals surface area contributed by atoms with Gasteiger partial charge in [0.1, 0.15) is 0 Å². The van der Waals surface area contributed by atoms with Crippen LogP contribution in [0, 0.1) is 0 Å². The van der Waals surface area contributed by atoms with Crippen molar-refractivity contribution in [3.8, 4) is 0 Å². The molecule has 1 rings (SSSR count). The highest BCUT2D eigenvalue weighted by molar-refractivity contribution is 9.12. The summed E-state index contributed by atoms with van der Waals surface area (Å²) in [5, 5.41) is 8.39. The molecule has 2 nitrogen and oxygen atoms in total. The van der Waals surface area contributed by atoms with E-state index in [-0.39, 0.29) is 0 Å². The third-order valence-electron chi connectivity index (χ3n) is 1.49. The largest absolute Gasteiger partial charge is 0.478 e. The van der Waals surface area contributed by atoms with E-state index < -0.39 is 5.97 Å². The number of hydrogen-bond acceptors (Lipinski definition) is 1. The maximum Gasteiger partial charge on any atom is 0.328 e. The number of hydrogen-bond donors (Lipinski definition) is 1. The zero-order chi connectivity index (χ0) is 10.4. The minimum absolute atomic E-state index is 0.728. The third-order valence-corrected chi connectivity index (χ3v) is 1.98. The molecule has 0 unspecified atom stereocenters. The Bertz CT molecular complexity index is 366. The molecule has 0 amide bonds. The molecule has 0 bridgehead atoms. The highest BCUT2D eigenvalue weighted by atomic mass is 79.9. The van der Waals surface area contributed by atoms with Gasteiger partial charge in [0, 0.05) is 10.6 Å². The average molecular weight is 253 g/mol. The summed E-state index contributed by atoms with van der Waals surface area (Å²) in [6.07, 6.45) is 4.43. The molecule has 1 aromatic rings. The lowest BCUT2D eigenvalue weighted by Gasteiger charge is -1.92. The second-order valence-corrected chi connectivity index (χ2v) is 3.53. The number of allylic oxidation sites excluding steroid dienone is 2. The van der Waals surface area contributed by atoms with Crippen LogP contribution in [-0.2, 0) is 4.79 Å². The molecule has 3 heteroatoms. The van der Waals surface area contributed by atoms with Crippen LogP contribution in [0.3, 0.4) is 0 Å². The van der Waals surface area contributed by atoms with E-state index in [1.54, 1.807) is 0 Å². The summed E-state index contributed by atoms with van der Waals surface area (Å²) in [7, 11) is 0. The van der Waals surface area contributed by atoms with Crippen molar-refractivity contribution in [1.82, 2.24) is 0 Å². The van der Waals surface area contributed by atoms with E-state index in [0.29, 0.717) is 0 Å². The Morgan fingerprint density at radius 2 is 1.86 bits per heavy atom. The summed E-state index contributed by atoms with van der Waals surface area (Å²) in [6, 6.07) is 9.66. The van der Waals surface area contributed by atoms with Gasteiger partial charge in [0.2, 0.25) is 0 Å². The zero-order valence-electron chi connectivity index (χ0n) is 7.35. The minimum Gasteiger partial charge on any atom is -0.478 e. The lowest BCUT2D eigenvalue weighted by molar-refractivity contribution is -0.131. The summed E-state index contributed by atoms with van der Waals surface area (Å²) in [4.78, 5) is 10.2. The SMILES string of the molecule is O=C(O)/C=C/C(Br)=C/c1ccccc1. The molecule has 0 atom stereocenters. The number of carboxylic acids is 1. The topological polar surface area (TPSA) is 37.3 Å². The molecule has 0 saturated carbocycles. The van der Waals surface area contributed by atoms with Crippen LogP contribution in [0.1, 0.15) is 5.56 Å². The second-order valence-electron chi connectivity index (χ2n) is 2.61. The first kappa shape index (κ1) is 10.7. The van der Waals surface area contributed by atoms with E-state index >= 15 is 0 Å². The Morgan fingerprint density at radius 3 is 2.43 bits per heavy atom. The molecule has 0 saturated heterocycles. The summed E-state index contributed by atoms with van der Waals surface area (Å²) in [5.41, 5.74) is 1.02. The van der Waals surface area contributed by atoms with Gasteiger partial charge in [0.15, 0.2) is 0 Å².